The predicted octanol–water partition coefficient (Wildman–Crippen LogP) is 17.6. The van der Waals surface area contributed by atoms with Crippen molar-refractivity contribution in [3.63, 3.8) is 0 Å². The lowest BCUT2D eigenvalue weighted by molar-refractivity contribution is 0.332. The van der Waals surface area contributed by atoms with Crippen LogP contribution in [0.2, 0.25) is 0 Å². The zero-order chi connectivity index (χ0) is 50.1. The highest BCUT2D eigenvalue weighted by Crippen LogP contribution is 2.58. The minimum absolute atomic E-state index is 0.0246. The van der Waals surface area contributed by atoms with Crippen LogP contribution in [0.5, 0.6) is 0 Å². The molecule has 0 spiro atoms. The van der Waals surface area contributed by atoms with E-state index in [9.17, 15) is 0 Å². The summed E-state index contributed by atoms with van der Waals surface area (Å²) >= 11 is 2.04. The average Bonchev–Trinajstić information content (AvgIpc) is 3.94. The first-order valence-electron chi connectivity index (χ1n) is 26.3. The minimum Gasteiger partial charge on any atom is -0.354 e. The number of nitrogens with one attached hydrogen (secondary N) is 1. The summed E-state index contributed by atoms with van der Waals surface area (Å²) in [5.41, 5.74) is 25.4. The third-order valence-electron chi connectivity index (χ3n) is 17.4. The highest BCUT2D eigenvalue weighted by molar-refractivity contribution is 7.29. The summed E-state index contributed by atoms with van der Waals surface area (Å²) in [6.07, 6.45) is 2.38. The van der Waals surface area contributed by atoms with E-state index in [1.165, 1.54) is 144 Å². The number of aromatic nitrogens is 1. The van der Waals surface area contributed by atoms with Crippen LogP contribution in [-0.2, 0) is 32.5 Å². The zero-order valence-corrected chi connectivity index (χ0v) is 45.8. The molecule has 12 rings (SSSR count). The molecule has 0 atom stereocenters. The molecule has 0 unspecified atom stereocenters. The van der Waals surface area contributed by atoms with E-state index >= 15 is 0 Å². The van der Waals surface area contributed by atoms with Crippen LogP contribution in [0.15, 0.2) is 121 Å². The number of benzene rings is 7. The van der Waals surface area contributed by atoms with E-state index in [1.54, 1.807) is 0 Å². The number of rotatable bonds is 3. The van der Waals surface area contributed by atoms with Crippen LogP contribution in [0.3, 0.4) is 0 Å². The van der Waals surface area contributed by atoms with Crippen molar-refractivity contribution in [2.24, 2.45) is 0 Å². The van der Waals surface area contributed by atoms with Crippen molar-refractivity contribution in [1.82, 2.24) is 4.98 Å². The Balaban J connectivity index is 1.26. The normalized spacial score (nSPS) is 16.7. The van der Waals surface area contributed by atoms with Gasteiger partial charge >= 0.3 is 0 Å². The topological polar surface area (TPSA) is 19.0 Å². The maximum absolute atomic E-state index is 4.12. The summed E-state index contributed by atoms with van der Waals surface area (Å²) < 4.78 is 2.83. The van der Waals surface area contributed by atoms with Crippen LogP contribution >= 0.6 is 11.3 Å². The second-order valence-electron chi connectivity index (χ2n) is 26.6. The molecule has 71 heavy (non-hydrogen) atoms. The van der Waals surface area contributed by atoms with Crippen molar-refractivity contribution in [3.05, 3.63) is 160 Å². The van der Waals surface area contributed by atoms with Crippen molar-refractivity contribution in [2.45, 2.75) is 149 Å². The first-order valence-corrected chi connectivity index (χ1v) is 27.2. The van der Waals surface area contributed by atoms with Crippen LogP contribution in [0, 0.1) is 0 Å². The highest BCUT2D eigenvalue weighted by atomic mass is 32.1. The summed E-state index contributed by atoms with van der Waals surface area (Å²) in [5, 5.41) is 3.99. The van der Waals surface area contributed by atoms with E-state index in [0.29, 0.717) is 0 Å². The number of fused-ring (bicyclic) bond motifs is 11. The molecule has 0 bridgehead atoms. The zero-order valence-electron chi connectivity index (χ0n) is 45.0. The van der Waals surface area contributed by atoms with Crippen LogP contribution in [0.4, 0.5) is 17.1 Å². The van der Waals surface area contributed by atoms with Gasteiger partial charge in [0.2, 0.25) is 7.28 Å². The largest absolute Gasteiger partial charge is 0.354 e. The van der Waals surface area contributed by atoms with E-state index in [2.05, 4.69) is 235 Å². The van der Waals surface area contributed by atoms with Crippen LogP contribution < -0.4 is 15.1 Å². The van der Waals surface area contributed by atoms with Gasteiger partial charge in [-0.05, 0) is 166 Å². The lowest BCUT2D eigenvalue weighted by Crippen LogP contribution is -2.40. The number of thiophene rings is 1. The number of nitrogens with zero attached hydrogens (tertiary/aromatic N) is 1. The van der Waals surface area contributed by atoms with Crippen LogP contribution in [0.1, 0.15) is 156 Å². The van der Waals surface area contributed by atoms with Crippen LogP contribution in [-0.4, -0.2) is 12.3 Å². The summed E-state index contributed by atoms with van der Waals surface area (Å²) in [6.45, 7) is 36.0. The van der Waals surface area contributed by atoms with E-state index < -0.39 is 0 Å². The molecule has 0 saturated carbocycles. The van der Waals surface area contributed by atoms with Crippen LogP contribution in [0.25, 0.3) is 65.3 Å². The molecule has 2 nitrogen and oxygen atoms in total. The van der Waals surface area contributed by atoms with Gasteiger partial charge < -0.3 is 9.88 Å². The van der Waals surface area contributed by atoms with Gasteiger partial charge in [0.15, 0.2) is 0 Å². The first kappa shape index (κ1) is 46.2. The van der Waals surface area contributed by atoms with Gasteiger partial charge in [0.05, 0.1) is 16.9 Å². The molecule has 4 heteroatoms. The van der Waals surface area contributed by atoms with Crippen molar-refractivity contribution in [1.29, 1.82) is 0 Å². The van der Waals surface area contributed by atoms with Gasteiger partial charge in [-0.25, -0.2) is 0 Å². The highest BCUT2D eigenvalue weighted by Gasteiger charge is 2.44. The Hall–Kier alpha value is -5.84. The van der Waals surface area contributed by atoms with Gasteiger partial charge in [-0.15, -0.1) is 11.3 Å². The molecule has 1 aliphatic heterocycles. The molecule has 0 saturated heterocycles. The molecule has 9 aromatic rings. The second kappa shape index (κ2) is 15.1. The maximum Gasteiger partial charge on any atom is 0.211 e. The van der Waals surface area contributed by atoms with Crippen molar-refractivity contribution < 1.29 is 0 Å². The molecule has 0 radical (unpaired) electrons. The van der Waals surface area contributed by atoms with E-state index in [-0.39, 0.29) is 32.5 Å². The third kappa shape index (κ3) is 7.00. The molecule has 0 amide bonds. The Morgan fingerprint density at radius 2 is 1.11 bits per heavy atom. The maximum atomic E-state index is 4.12. The van der Waals surface area contributed by atoms with E-state index in [1.807, 2.05) is 11.3 Å². The monoisotopic (exact) mass is 947 g/mol. The number of hydrogen-bond donors (Lipinski definition) is 1. The minimum atomic E-state index is -0.242. The van der Waals surface area contributed by atoms with Crippen molar-refractivity contribution >= 4 is 77.8 Å². The molecule has 7 aromatic carbocycles. The molecular formula is C67H71BN2S. The second-order valence-corrected chi connectivity index (χ2v) is 27.7. The third-order valence-corrected chi connectivity index (χ3v) is 18.5. The molecule has 2 aliphatic carbocycles. The number of anilines is 3. The molecule has 3 aliphatic rings. The lowest BCUT2D eigenvalue weighted by Gasteiger charge is -2.42. The fourth-order valence-electron chi connectivity index (χ4n) is 12.8. The van der Waals surface area contributed by atoms with Gasteiger partial charge in [0.25, 0.3) is 0 Å². The van der Waals surface area contributed by atoms with Gasteiger partial charge in [-0.2, -0.15) is 0 Å². The molecule has 0 fully saturated rings. The summed E-state index contributed by atoms with van der Waals surface area (Å²) in [5.74, 6) is 0. The molecular weight excluding hydrogens is 876 g/mol. The smallest absolute Gasteiger partial charge is 0.211 e. The van der Waals surface area contributed by atoms with E-state index in [4.69, 9.17) is 0 Å². The molecule has 1 N–H and O–H groups in total. The standard InChI is InChI=1S/C67H71BN2S/c1-62(2,3)39-25-27-52-44(32-39)45-33-41(64(7,8)9)34-47(59(45)69-52)57-56-42-23-19-20-24-48(42)67(14,15)51(56)36-54-58(57)68-61-60(46-35-49-50(37-55(46)71-61)66(12,13)30-29-65(49,10)11)70(54)53-28-26-40(63(4,5)6)31-43(53)38-21-17-16-18-22-38/h16-28,31-37,68-69H,29-30H2,1-15H3. The molecule has 2 aromatic heterocycles. The SMILES string of the molecule is CC(C)(C)c1ccc(N2c3cc4c(c(-c5cc(C(C)(C)C)cc6c5[nH]c5ccc(C(C)(C)C)cc56)c3Bc3sc5cc6c(cc5c32)C(C)(C)CCC6(C)C)-c2ccccc2C4(C)C)c(-c2ccccc2)c1. The van der Waals surface area contributed by atoms with Crippen molar-refractivity contribution in [2.75, 3.05) is 4.90 Å². The fraction of sp³-hybridized carbons (Fsp3) is 0.343. The van der Waals surface area contributed by atoms with Gasteiger partial charge in [-0.3, -0.25) is 0 Å². The van der Waals surface area contributed by atoms with Gasteiger partial charge in [-0.1, -0.05) is 171 Å². The first-order chi connectivity index (χ1) is 33.3. The van der Waals surface area contributed by atoms with Crippen molar-refractivity contribution in [3.8, 4) is 33.4 Å². The van der Waals surface area contributed by atoms with E-state index in [0.717, 1.165) is 7.28 Å². The Morgan fingerprint density at radius 3 is 1.80 bits per heavy atom. The Morgan fingerprint density at radius 1 is 0.507 bits per heavy atom. The van der Waals surface area contributed by atoms with Gasteiger partial charge in [0.1, 0.15) is 0 Å². The number of hydrogen-bond acceptors (Lipinski definition) is 2. The average molecular weight is 947 g/mol. The Labute approximate surface area is 428 Å². The lowest BCUT2D eigenvalue weighted by atomic mass is 9.60. The number of H-pyrrole nitrogens is 1. The Bertz CT molecular complexity index is 3700. The van der Waals surface area contributed by atoms with Gasteiger partial charge in [0, 0.05) is 48.6 Å². The summed E-state index contributed by atoms with van der Waals surface area (Å²) in [7, 11) is 0.847. The predicted molar refractivity (Wildman–Crippen MR) is 312 cm³/mol. The molecule has 358 valence electrons. The molecule has 3 heterocycles. The quantitative estimate of drug-likeness (QED) is 0.175. The fourth-order valence-corrected chi connectivity index (χ4v) is 14.0. The summed E-state index contributed by atoms with van der Waals surface area (Å²) in [4.78, 5) is 6.87. The number of aromatic amines is 1. The Kier molecular flexibility index (Phi) is 9.84. The summed E-state index contributed by atoms with van der Waals surface area (Å²) in [6, 6.07) is 48.0.